The maximum atomic E-state index is 12.7. The molecule has 0 saturated carbocycles. The Labute approximate surface area is 125 Å². The monoisotopic (exact) mass is 293 g/mol. The van der Waals surface area contributed by atoms with Crippen molar-refractivity contribution in [1.82, 2.24) is 4.90 Å². The van der Waals surface area contributed by atoms with E-state index in [-0.39, 0.29) is 5.91 Å². The van der Waals surface area contributed by atoms with Crippen LogP contribution in [-0.2, 0) is 4.74 Å². The molecule has 0 atom stereocenters. The number of carbonyl (C=O) groups excluding carboxylic acids is 1. The van der Waals surface area contributed by atoms with Gasteiger partial charge in [0.25, 0.3) is 5.91 Å². The normalized spacial score (nSPS) is 15.9. The molecule has 1 saturated heterocycles. The highest BCUT2D eigenvalue weighted by atomic mass is 16.5. The zero-order valence-corrected chi connectivity index (χ0v) is 12.9. The highest BCUT2D eigenvalue weighted by molar-refractivity contribution is 5.97. The number of para-hydroxylation sites is 1. The quantitative estimate of drug-likeness (QED) is 0.835. The fraction of sp³-hybridized carbons (Fsp3) is 0.562. The van der Waals surface area contributed by atoms with Gasteiger partial charge in [-0.05, 0) is 30.9 Å². The van der Waals surface area contributed by atoms with Crippen LogP contribution in [-0.4, -0.2) is 51.8 Å². The maximum Gasteiger partial charge on any atom is 0.257 e. The third-order valence-electron chi connectivity index (χ3n) is 3.94. The molecule has 1 amide bonds. The lowest BCUT2D eigenvalue weighted by Crippen LogP contribution is -2.39. The average Bonchev–Trinajstić information content (AvgIpc) is 2.54. The smallest absolute Gasteiger partial charge is 0.257 e. The Morgan fingerprint density at radius 1 is 1.19 bits per heavy atom. The highest BCUT2D eigenvalue weighted by Gasteiger charge is 2.26. The fourth-order valence-electron chi connectivity index (χ4n) is 2.76. The minimum atomic E-state index is 0.00150. The highest BCUT2D eigenvalue weighted by Crippen LogP contribution is 2.32. The molecule has 1 aliphatic heterocycles. The summed E-state index contributed by atoms with van der Waals surface area (Å²) in [6.45, 7) is 2.28. The second kappa shape index (κ2) is 7.31. The van der Waals surface area contributed by atoms with Crippen LogP contribution in [0.5, 0.6) is 11.5 Å². The summed E-state index contributed by atoms with van der Waals surface area (Å²) in [6, 6.07) is 5.39. The fourth-order valence-corrected chi connectivity index (χ4v) is 2.76. The number of ether oxygens (including phenoxy) is 3. The van der Waals surface area contributed by atoms with Crippen LogP contribution >= 0.6 is 0 Å². The van der Waals surface area contributed by atoms with E-state index in [0.29, 0.717) is 23.0 Å². The molecule has 1 aliphatic rings. The molecule has 5 nitrogen and oxygen atoms in total. The summed E-state index contributed by atoms with van der Waals surface area (Å²) in [6.07, 6.45) is 1.96. The average molecular weight is 293 g/mol. The molecule has 1 fully saturated rings. The Hall–Kier alpha value is -1.75. The van der Waals surface area contributed by atoms with Crippen molar-refractivity contribution in [3.63, 3.8) is 0 Å². The molecule has 5 heteroatoms. The van der Waals surface area contributed by atoms with Crippen LogP contribution in [0.4, 0.5) is 0 Å². The number of likely N-dealkylation sites (tertiary alicyclic amines) is 1. The zero-order chi connectivity index (χ0) is 15.2. The molecule has 0 aromatic heterocycles. The minimum Gasteiger partial charge on any atom is -0.493 e. The topological polar surface area (TPSA) is 48.0 Å². The van der Waals surface area contributed by atoms with Crippen molar-refractivity contribution in [2.45, 2.75) is 12.8 Å². The first kappa shape index (κ1) is 15.6. The van der Waals surface area contributed by atoms with Crippen molar-refractivity contribution >= 4 is 5.91 Å². The number of piperidine rings is 1. The van der Waals surface area contributed by atoms with Gasteiger partial charge in [-0.3, -0.25) is 4.79 Å². The number of amides is 1. The number of benzene rings is 1. The van der Waals surface area contributed by atoms with Crippen LogP contribution in [0, 0.1) is 5.92 Å². The molecule has 2 rings (SSSR count). The largest absolute Gasteiger partial charge is 0.493 e. The summed E-state index contributed by atoms with van der Waals surface area (Å²) < 4.78 is 15.8. The van der Waals surface area contributed by atoms with Crippen molar-refractivity contribution < 1.29 is 19.0 Å². The summed E-state index contributed by atoms with van der Waals surface area (Å²) in [5.74, 6) is 1.63. The molecule has 0 bridgehead atoms. The van der Waals surface area contributed by atoms with Gasteiger partial charge in [-0.2, -0.15) is 0 Å². The Morgan fingerprint density at radius 3 is 2.48 bits per heavy atom. The molecule has 0 unspecified atom stereocenters. The van der Waals surface area contributed by atoms with E-state index in [0.717, 1.165) is 32.5 Å². The van der Waals surface area contributed by atoms with E-state index >= 15 is 0 Å². The van der Waals surface area contributed by atoms with Gasteiger partial charge >= 0.3 is 0 Å². The lowest BCUT2D eigenvalue weighted by molar-refractivity contribution is 0.0610. The molecule has 0 aliphatic carbocycles. The standard InChI is InChI=1S/C16H23NO4/c1-19-11-12-7-9-17(10-8-12)16(18)13-5-4-6-14(20-2)15(13)21-3/h4-6,12H,7-11H2,1-3H3. The molecule has 1 aromatic rings. The van der Waals surface area contributed by atoms with Crippen LogP contribution in [0.3, 0.4) is 0 Å². The van der Waals surface area contributed by atoms with Gasteiger partial charge in [-0.15, -0.1) is 0 Å². The predicted octanol–water partition coefficient (Wildman–Crippen LogP) is 2.20. The van der Waals surface area contributed by atoms with E-state index in [1.54, 1.807) is 33.5 Å². The predicted molar refractivity (Wildman–Crippen MR) is 80.0 cm³/mol. The first-order valence-corrected chi connectivity index (χ1v) is 7.20. The molecular weight excluding hydrogens is 270 g/mol. The molecule has 21 heavy (non-hydrogen) atoms. The van der Waals surface area contributed by atoms with Crippen molar-refractivity contribution in [2.24, 2.45) is 5.92 Å². The van der Waals surface area contributed by atoms with E-state index in [1.807, 2.05) is 11.0 Å². The molecule has 1 heterocycles. The van der Waals surface area contributed by atoms with Gasteiger partial charge < -0.3 is 19.1 Å². The molecule has 0 radical (unpaired) electrons. The van der Waals surface area contributed by atoms with E-state index < -0.39 is 0 Å². The second-order valence-electron chi connectivity index (χ2n) is 5.23. The van der Waals surface area contributed by atoms with E-state index in [9.17, 15) is 4.79 Å². The molecular formula is C16H23NO4. The number of carbonyl (C=O) groups is 1. The van der Waals surface area contributed by atoms with Gasteiger partial charge in [0.2, 0.25) is 0 Å². The van der Waals surface area contributed by atoms with Crippen LogP contribution in [0.15, 0.2) is 18.2 Å². The lowest BCUT2D eigenvalue weighted by Gasteiger charge is -2.32. The van der Waals surface area contributed by atoms with Gasteiger partial charge in [0.15, 0.2) is 11.5 Å². The number of hydrogen-bond acceptors (Lipinski definition) is 4. The van der Waals surface area contributed by atoms with Crippen LogP contribution in [0.1, 0.15) is 23.2 Å². The summed E-state index contributed by atoms with van der Waals surface area (Å²) >= 11 is 0. The molecule has 116 valence electrons. The van der Waals surface area contributed by atoms with Crippen molar-refractivity contribution in [2.75, 3.05) is 41.0 Å². The number of hydrogen-bond donors (Lipinski definition) is 0. The minimum absolute atomic E-state index is 0.00150. The van der Waals surface area contributed by atoms with Gasteiger partial charge in [-0.1, -0.05) is 6.07 Å². The van der Waals surface area contributed by atoms with E-state index in [4.69, 9.17) is 14.2 Å². The van der Waals surface area contributed by atoms with Crippen molar-refractivity contribution in [3.05, 3.63) is 23.8 Å². The SMILES string of the molecule is COCC1CCN(C(=O)c2cccc(OC)c2OC)CC1. The summed E-state index contributed by atoms with van der Waals surface area (Å²) in [5.41, 5.74) is 0.557. The maximum absolute atomic E-state index is 12.7. The first-order chi connectivity index (χ1) is 10.2. The summed E-state index contributed by atoms with van der Waals surface area (Å²) in [7, 11) is 4.85. The van der Waals surface area contributed by atoms with E-state index in [1.165, 1.54) is 0 Å². The van der Waals surface area contributed by atoms with Gasteiger partial charge in [0.1, 0.15) is 0 Å². The molecule has 1 aromatic carbocycles. The van der Waals surface area contributed by atoms with Gasteiger partial charge in [0.05, 0.1) is 19.8 Å². The van der Waals surface area contributed by atoms with Crippen molar-refractivity contribution in [3.8, 4) is 11.5 Å². The summed E-state index contributed by atoms with van der Waals surface area (Å²) in [4.78, 5) is 14.5. The lowest BCUT2D eigenvalue weighted by atomic mass is 9.97. The van der Waals surface area contributed by atoms with Crippen LogP contribution in [0.25, 0.3) is 0 Å². The third-order valence-corrected chi connectivity index (χ3v) is 3.94. The van der Waals surface area contributed by atoms with E-state index in [2.05, 4.69) is 0 Å². The Bertz CT molecular complexity index is 481. The Balaban J connectivity index is 2.11. The van der Waals surface area contributed by atoms with Gasteiger partial charge in [0, 0.05) is 26.8 Å². The zero-order valence-electron chi connectivity index (χ0n) is 12.9. The molecule has 0 spiro atoms. The second-order valence-corrected chi connectivity index (χ2v) is 5.23. The van der Waals surface area contributed by atoms with Crippen molar-refractivity contribution in [1.29, 1.82) is 0 Å². The summed E-state index contributed by atoms with van der Waals surface area (Å²) in [5, 5.41) is 0. The first-order valence-electron chi connectivity index (χ1n) is 7.20. The number of rotatable bonds is 5. The van der Waals surface area contributed by atoms with Gasteiger partial charge in [-0.25, -0.2) is 0 Å². The Kier molecular flexibility index (Phi) is 5.44. The van der Waals surface area contributed by atoms with Crippen LogP contribution < -0.4 is 9.47 Å². The molecule has 0 N–H and O–H groups in total. The Morgan fingerprint density at radius 2 is 1.90 bits per heavy atom. The number of methoxy groups -OCH3 is 3. The van der Waals surface area contributed by atoms with Crippen LogP contribution in [0.2, 0.25) is 0 Å². The number of nitrogens with zero attached hydrogens (tertiary/aromatic N) is 1. The third kappa shape index (κ3) is 3.47.